The zero-order chi connectivity index (χ0) is 13.8. The second-order valence-corrected chi connectivity index (χ2v) is 6.95. The zero-order valence-electron chi connectivity index (χ0n) is 11.2. The van der Waals surface area contributed by atoms with Crippen molar-refractivity contribution in [2.24, 2.45) is 0 Å². The Morgan fingerprint density at radius 3 is 2.56 bits per heavy atom. The molecule has 0 aromatic heterocycles. The molecule has 4 nitrogen and oxygen atoms in total. The van der Waals surface area contributed by atoms with Crippen molar-refractivity contribution in [3.8, 4) is 0 Å². The Kier molecular flexibility index (Phi) is 5.49. The van der Waals surface area contributed by atoms with E-state index in [0.29, 0.717) is 10.6 Å². The van der Waals surface area contributed by atoms with Crippen LogP contribution in [0.25, 0.3) is 0 Å². The monoisotopic (exact) mass is 288 g/mol. The van der Waals surface area contributed by atoms with Crippen LogP contribution in [-0.4, -0.2) is 44.9 Å². The van der Waals surface area contributed by atoms with Crippen molar-refractivity contribution >= 4 is 27.5 Å². The maximum absolute atomic E-state index is 12.5. The van der Waals surface area contributed by atoms with E-state index in [9.17, 15) is 8.42 Å². The highest BCUT2D eigenvalue weighted by Crippen LogP contribution is 2.24. The maximum atomic E-state index is 12.5. The van der Waals surface area contributed by atoms with E-state index in [2.05, 4.69) is 5.32 Å². The lowest BCUT2D eigenvalue weighted by molar-refractivity contribution is 0.415. The molecule has 1 rings (SSSR count). The smallest absolute Gasteiger partial charge is 0.245 e. The minimum Gasteiger partial charge on any atom is -0.387 e. The van der Waals surface area contributed by atoms with E-state index in [4.69, 9.17) is 0 Å². The van der Waals surface area contributed by atoms with E-state index < -0.39 is 10.0 Å². The van der Waals surface area contributed by atoms with E-state index in [0.717, 1.165) is 5.75 Å². The van der Waals surface area contributed by atoms with Crippen LogP contribution in [0.3, 0.4) is 0 Å². The summed E-state index contributed by atoms with van der Waals surface area (Å²) in [5, 5.41) is 2.92. The van der Waals surface area contributed by atoms with Crippen molar-refractivity contribution in [2.75, 3.05) is 31.4 Å². The topological polar surface area (TPSA) is 49.4 Å². The predicted molar refractivity (Wildman–Crippen MR) is 78.8 cm³/mol. The van der Waals surface area contributed by atoms with E-state index in [1.807, 2.05) is 19.2 Å². The molecule has 6 heteroatoms. The minimum absolute atomic E-state index is 0.0325. The number of nitrogens with one attached hydrogen (secondary N) is 1. The van der Waals surface area contributed by atoms with Crippen molar-refractivity contribution in [2.45, 2.75) is 17.9 Å². The van der Waals surface area contributed by atoms with Crippen LogP contribution in [0.2, 0.25) is 0 Å². The first-order chi connectivity index (χ1) is 8.45. The highest BCUT2D eigenvalue weighted by Gasteiger charge is 2.26. The Balaban J connectivity index is 3.13. The van der Waals surface area contributed by atoms with E-state index >= 15 is 0 Å². The van der Waals surface area contributed by atoms with Crippen LogP contribution in [0.1, 0.15) is 6.92 Å². The molecule has 0 bridgehead atoms. The molecular formula is C12H20N2O2S2. The summed E-state index contributed by atoms with van der Waals surface area (Å²) in [7, 11) is -0.0961. The number of para-hydroxylation sites is 1. The molecule has 1 aromatic rings. The van der Waals surface area contributed by atoms with Crippen LogP contribution in [0.4, 0.5) is 5.69 Å². The average Bonchev–Trinajstić information content (AvgIpc) is 2.38. The molecule has 18 heavy (non-hydrogen) atoms. The van der Waals surface area contributed by atoms with Gasteiger partial charge in [-0.25, -0.2) is 8.42 Å². The summed E-state index contributed by atoms with van der Waals surface area (Å²) in [5.41, 5.74) is 0.626. The molecule has 0 heterocycles. The molecule has 0 fully saturated rings. The van der Waals surface area contributed by atoms with Gasteiger partial charge in [-0.1, -0.05) is 12.1 Å². The summed E-state index contributed by atoms with van der Waals surface area (Å²) in [6, 6.07) is 6.91. The van der Waals surface area contributed by atoms with Crippen LogP contribution in [0.5, 0.6) is 0 Å². The van der Waals surface area contributed by atoms with Crippen molar-refractivity contribution < 1.29 is 8.42 Å². The first kappa shape index (κ1) is 15.3. The molecule has 0 radical (unpaired) electrons. The number of hydrogen-bond donors (Lipinski definition) is 1. The summed E-state index contributed by atoms with van der Waals surface area (Å²) in [6.07, 6.45) is 1.97. The van der Waals surface area contributed by atoms with Gasteiger partial charge in [0.1, 0.15) is 4.90 Å². The number of anilines is 1. The number of hydrogen-bond acceptors (Lipinski definition) is 4. The molecule has 1 atom stereocenters. The molecule has 0 saturated heterocycles. The molecule has 0 saturated carbocycles. The molecule has 0 aliphatic heterocycles. The Bertz CT molecular complexity index is 489. The molecule has 0 spiro atoms. The Labute approximate surface area is 114 Å². The van der Waals surface area contributed by atoms with Gasteiger partial charge in [0.25, 0.3) is 0 Å². The van der Waals surface area contributed by atoms with Gasteiger partial charge in [-0.2, -0.15) is 16.1 Å². The minimum atomic E-state index is -3.45. The van der Waals surface area contributed by atoms with Crippen LogP contribution in [0.15, 0.2) is 29.2 Å². The molecule has 1 unspecified atom stereocenters. The Morgan fingerprint density at radius 2 is 2.00 bits per heavy atom. The average molecular weight is 288 g/mol. The van der Waals surface area contributed by atoms with Crippen molar-refractivity contribution in [1.82, 2.24) is 4.31 Å². The normalized spacial score (nSPS) is 13.6. The van der Waals surface area contributed by atoms with E-state index in [1.165, 1.54) is 4.31 Å². The maximum Gasteiger partial charge on any atom is 0.245 e. The van der Waals surface area contributed by atoms with Gasteiger partial charge in [0.15, 0.2) is 0 Å². The zero-order valence-corrected chi connectivity index (χ0v) is 12.8. The fraction of sp³-hybridized carbons (Fsp3) is 0.500. The van der Waals surface area contributed by atoms with Gasteiger partial charge >= 0.3 is 0 Å². The van der Waals surface area contributed by atoms with Crippen LogP contribution in [0, 0.1) is 0 Å². The molecule has 102 valence electrons. The lowest BCUT2D eigenvalue weighted by Gasteiger charge is -2.24. The Morgan fingerprint density at radius 1 is 1.39 bits per heavy atom. The second kappa shape index (κ2) is 6.45. The summed E-state index contributed by atoms with van der Waals surface area (Å²) in [6.45, 7) is 1.91. The molecular weight excluding hydrogens is 268 g/mol. The van der Waals surface area contributed by atoms with Crippen LogP contribution >= 0.6 is 11.8 Å². The summed E-state index contributed by atoms with van der Waals surface area (Å²) in [4.78, 5) is 0.322. The number of nitrogens with zero attached hydrogens (tertiary/aromatic N) is 1. The molecule has 0 aliphatic rings. The van der Waals surface area contributed by atoms with Gasteiger partial charge in [0.2, 0.25) is 10.0 Å². The van der Waals surface area contributed by atoms with Gasteiger partial charge in [-0.05, 0) is 25.3 Å². The number of sulfonamides is 1. The second-order valence-electron chi connectivity index (χ2n) is 4.07. The van der Waals surface area contributed by atoms with E-state index in [1.54, 1.807) is 44.1 Å². The Hall–Kier alpha value is -0.720. The molecule has 0 amide bonds. The van der Waals surface area contributed by atoms with Gasteiger partial charge in [-0.15, -0.1) is 0 Å². The van der Waals surface area contributed by atoms with Crippen molar-refractivity contribution in [3.05, 3.63) is 24.3 Å². The highest BCUT2D eigenvalue weighted by atomic mass is 32.2. The lowest BCUT2D eigenvalue weighted by atomic mass is 10.3. The fourth-order valence-corrected chi connectivity index (χ4v) is 3.99. The van der Waals surface area contributed by atoms with Gasteiger partial charge < -0.3 is 5.32 Å². The largest absolute Gasteiger partial charge is 0.387 e. The summed E-state index contributed by atoms with van der Waals surface area (Å²) < 4.78 is 26.4. The number of thioether (sulfide) groups is 1. The SMILES string of the molecule is CNc1ccccc1S(=O)(=O)N(C)C(C)CSC. The van der Waals surface area contributed by atoms with Gasteiger partial charge in [0.05, 0.1) is 5.69 Å². The first-order valence-electron chi connectivity index (χ1n) is 5.69. The van der Waals surface area contributed by atoms with E-state index in [-0.39, 0.29) is 6.04 Å². The third kappa shape index (κ3) is 3.18. The van der Waals surface area contributed by atoms with Crippen molar-refractivity contribution in [3.63, 3.8) is 0 Å². The molecule has 1 aromatic carbocycles. The fourth-order valence-electron chi connectivity index (χ4n) is 1.64. The van der Waals surface area contributed by atoms with Crippen molar-refractivity contribution in [1.29, 1.82) is 0 Å². The number of rotatable bonds is 6. The predicted octanol–water partition coefficient (Wildman–Crippen LogP) is 2.10. The third-order valence-electron chi connectivity index (χ3n) is 2.84. The number of benzene rings is 1. The summed E-state index contributed by atoms with van der Waals surface area (Å²) in [5.74, 6) is 0.775. The standard InChI is InChI=1S/C12H20N2O2S2/c1-10(9-17-4)14(3)18(15,16)12-8-6-5-7-11(12)13-2/h5-8,10,13H,9H2,1-4H3. The van der Waals surface area contributed by atoms with Crippen LogP contribution < -0.4 is 5.32 Å². The third-order valence-corrected chi connectivity index (χ3v) is 5.69. The van der Waals surface area contributed by atoms with Gasteiger partial charge in [-0.3, -0.25) is 0 Å². The summed E-state index contributed by atoms with van der Waals surface area (Å²) >= 11 is 1.64. The highest BCUT2D eigenvalue weighted by molar-refractivity contribution is 7.98. The molecule has 0 aliphatic carbocycles. The first-order valence-corrected chi connectivity index (χ1v) is 8.52. The quantitative estimate of drug-likeness (QED) is 0.871. The lowest BCUT2D eigenvalue weighted by Crippen LogP contribution is -2.36. The van der Waals surface area contributed by atoms with Gasteiger partial charge in [0, 0.05) is 25.9 Å². The molecule has 1 N–H and O–H groups in total. The van der Waals surface area contributed by atoms with Crippen LogP contribution in [-0.2, 0) is 10.0 Å².